The topological polar surface area (TPSA) is 101 Å². The third kappa shape index (κ3) is 4.31. The first-order valence-electron chi connectivity index (χ1n) is 5.59. The molecule has 0 aliphatic heterocycles. The van der Waals surface area contributed by atoms with Crippen molar-refractivity contribution in [3.63, 3.8) is 0 Å². The summed E-state index contributed by atoms with van der Waals surface area (Å²) in [5.41, 5.74) is 5.19. The zero-order chi connectivity index (χ0) is 15.2. The van der Waals surface area contributed by atoms with Crippen LogP contribution in [0.15, 0.2) is 23.1 Å². The van der Waals surface area contributed by atoms with Crippen LogP contribution in [0.25, 0.3) is 0 Å². The van der Waals surface area contributed by atoms with E-state index in [9.17, 15) is 17.6 Å². The van der Waals surface area contributed by atoms with Gasteiger partial charge in [-0.15, -0.1) is 0 Å². The number of likely N-dealkylation sites (N-methyl/N-ethyl adjacent to an activating group) is 1. The predicted octanol–water partition coefficient (Wildman–Crippen LogP) is -0.840. The Morgan fingerprint density at radius 2 is 2.15 bits per heavy atom. The zero-order valence-electron chi connectivity index (χ0n) is 10.7. The molecule has 4 N–H and O–H groups in total. The molecular weight excluding hydrogens is 285 g/mol. The average molecular weight is 299 g/mol. The summed E-state index contributed by atoms with van der Waals surface area (Å²) in [5, 5.41) is 2.28. The number of amides is 1. The molecule has 0 saturated heterocycles. The molecule has 0 heterocycles. The molecule has 1 aromatic carbocycles. The second-order valence-corrected chi connectivity index (χ2v) is 5.38. The van der Waals surface area contributed by atoms with Gasteiger partial charge in [0.1, 0.15) is 5.82 Å². The molecule has 0 saturated carbocycles. The van der Waals surface area contributed by atoms with Gasteiger partial charge in [0.2, 0.25) is 15.9 Å². The van der Waals surface area contributed by atoms with Crippen molar-refractivity contribution in [2.75, 3.05) is 20.1 Å². The summed E-state index contributed by atoms with van der Waals surface area (Å²) < 4.78 is 39.3. The van der Waals surface area contributed by atoms with Crippen LogP contribution < -0.4 is 15.8 Å². The summed E-state index contributed by atoms with van der Waals surface area (Å²) in [6, 6.07) is 3.08. The lowest BCUT2D eigenvalue weighted by molar-refractivity contribution is -0.119. The van der Waals surface area contributed by atoms with E-state index in [4.69, 9.17) is 5.73 Å². The molecule has 6 nitrogen and oxygen atoms in total. The van der Waals surface area contributed by atoms with E-state index < -0.39 is 28.3 Å². The maximum atomic E-state index is 13.2. The molecule has 0 aliphatic carbocycles. The number of sulfonamides is 1. The minimum atomic E-state index is -3.96. The van der Waals surface area contributed by atoms with E-state index in [1.807, 2.05) is 0 Å². The van der Waals surface area contributed by atoms with E-state index in [0.717, 1.165) is 18.2 Å². The fourth-order valence-electron chi connectivity index (χ4n) is 1.31. The van der Waals surface area contributed by atoms with Gasteiger partial charge in [-0.3, -0.25) is 4.79 Å². The molecule has 0 fully saturated rings. The van der Waals surface area contributed by atoms with Crippen LogP contribution in [0.1, 0.15) is 5.56 Å². The molecule has 108 valence electrons. The molecule has 1 rings (SSSR count). The maximum absolute atomic E-state index is 13.2. The second-order valence-electron chi connectivity index (χ2n) is 3.64. The molecule has 1 aromatic rings. The summed E-state index contributed by atoms with van der Waals surface area (Å²) in [7, 11) is -2.58. The van der Waals surface area contributed by atoms with E-state index in [2.05, 4.69) is 21.9 Å². The van der Waals surface area contributed by atoms with Gasteiger partial charge in [0.05, 0.1) is 18.0 Å². The molecule has 0 spiro atoms. The van der Waals surface area contributed by atoms with Gasteiger partial charge in [0.25, 0.3) is 0 Å². The van der Waals surface area contributed by atoms with Crippen molar-refractivity contribution in [2.24, 2.45) is 5.73 Å². The van der Waals surface area contributed by atoms with Gasteiger partial charge < -0.3 is 11.1 Å². The van der Waals surface area contributed by atoms with Crippen LogP contribution in [-0.2, 0) is 14.8 Å². The molecule has 0 unspecified atom stereocenters. The van der Waals surface area contributed by atoms with Crippen LogP contribution in [0.2, 0.25) is 0 Å². The fourth-order valence-corrected chi connectivity index (χ4v) is 2.43. The van der Waals surface area contributed by atoms with E-state index >= 15 is 0 Å². The number of benzene rings is 1. The van der Waals surface area contributed by atoms with Crippen molar-refractivity contribution >= 4 is 15.9 Å². The lowest BCUT2D eigenvalue weighted by atomic mass is 10.2. The number of carbonyl (C=O) groups is 1. The van der Waals surface area contributed by atoms with Gasteiger partial charge in [0, 0.05) is 12.6 Å². The highest BCUT2D eigenvalue weighted by Gasteiger charge is 2.19. The van der Waals surface area contributed by atoms with Crippen molar-refractivity contribution in [3.8, 4) is 11.8 Å². The van der Waals surface area contributed by atoms with E-state index in [0.29, 0.717) is 0 Å². The highest BCUT2D eigenvalue weighted by atomic mass is 32.2. The Balaban J connectivity index is 3.14. The van der Waals surface area contributed by atoms with E-state index in [-0.39, 0.29) is 17.0 Å². The Kier molecular flexibility index (Phi) is 5.64. The van der Waals surface area contributed by atoms with Gasteiger partial charge in [0.15, 0.2) is 0 Å². The summed E-state index contributed by atoms with van der Waals surface area (Å²) in [4.78, 5) is 10.9. The van der Waals surface area contributed by atoms with Crippen molar-refractivity contribution < 1.29 is 17.6 Å². The molecule has 0 bridgehead atoms. The summed E-state index contributed by atoms with van der Waals surface area (Å²) >= 11 is 0. The SMILES string of the molecule is CNC(=O)CNS(=O)(=O)c1ccc(F)cc1C#CCN. The molecule has 0 aromatic heterocycles. The molecule has 1 amide bonds. The highest BCUT2D eigenvalue weighted by Crippen LogP contribution is 2.16. The maximum Gasteiger partial charge on any atom is 0.242 e. The Morgan fingerprint density at radius 3 is 2.75 bits per heavy atom. The Labute approximate surface area is 116 Å². The molecule has 0 radical (unpaired) electrons. The van der Waals surface area contributed by atoms with Gasteiger partial charge in [-0.1, -0.05) is 11.8 Å². The first kappa shape index (κ1) is 16.1. The molecule has 20 heavy (non-hydrogen) atoms. The first-order valence-corrected chi connectivity index (χ1v) is 7.07. The van der Waals surface area contributed by atoms with Crippen molar-refractivity contribution in [3.05, 3.63) is 29.6 Å². The normalized spacial score (nSPS) is 10.6. The Morgan fingerprint density at radius 1 is 1.45 bits per heavy atom. The minimum absolute atomic E-state index is 0.0140. The van der Waals surface area contributed by atoms with Gasteiger partial charge in [-0.05, 0) is 18.2 Å². The zero-order valence-corrected chi connectivity index (χ0v) is 11.6. The number of carbonyl (C=O) groups excluding carboxylic acids is 1. The van der Waals surface area contributed by atoms with Crippen LogP contribution in [-0.4, -0.2) is 34.5 Å². The molecule has 0 aliphatic rings. The lowest BCUT2D eigenvalue weighted by Crippen LogP contribution is -2.35. The number of rotatable bonds is 4. The molecule has 8 heteroatoms. The lowest BCUT2D eigenvalue weighted by Gasteiger charge is -2.08. The largest absolute Gasteiger partial charge is 0.358 e. The summed E-state index contributed by atoms with van der Waals surface area (Å²) in [6.07, 6.45) is 0. The van der Waals surface area contributed by atoms with Crippen LogP contribution in [0.4, 0.5) is 4.39 Å². The van der Waals surface area contributed by atoms with Crippen molar-refractivity contribution in [2.45, 2.75) is 4.90 Å². The van der Waals surface area contributed by atoms with E-state index in [1.54, 1.807) is 0 Å². The number of hydrogen-bond donors (Lipinski definition) is 3. The third-order valence-electron chi connectivity index (χ3n) is 2.26. The van der Waals surface area contributed by atoms with Gasteiger partial charge >= 0.3 is 0 Å². The standard InChI is InChI=1S/C12H14FN3O3S/c1-15-12(17)8-16-20(18,19)11-5-4-10(13)7-9(11)3-2-6-14/h4-5,7,16H,6,8,14H2,1H3,(H,15,17). The van der Waals surface area contributed by atoms with Crippen LogP contribution >= 0.6 is 0 Å². The minimum Gasteiger partial charge on any atom is -0.358 e. The van der Waals surface area contributed by atoms with Crippen LogP contribution in [0.3, 0.4) is 0 Å². The highest BCUT2D eigenvalue weighted by molar-refractivity contribution is 7.89. The number of nitrogens with two attached hydrogens (primary N) is 1. The van der Waals surface area contributed by atoms with E-state index in [1.165, 1.54) is 7.05 Å². The van der Waals surface area contributed by atoms with Crippen molar-refractivity contribution in [1.82, 2.24) is 10.0 Å². The number of halogens is 1. The fraction of sp³-hybridized carbons (Fsp3) is 0.250. The van der Waals surface area contributed by atoms with Gasteiger partial charge in [-0.25, -0.2) is 17.5 Å². The smallest absolute Gasteiger partial charge is 0.242 e. The first-order chi connectivity index (χ1) is 9.40. The van der Waals surface area contributed by atoms with Gasteiger partial charge in [-0.2, -0.15) is 0 Å². The Bertz CT molecular complexity index is 662. The number of hydrogen-bond acceptors (Lipinski definition) is 4. The van der Waals surface area contributed by atoms with Crippen LogP contribution in [0.5, 0.6) is 0 Å². The summed E-state index contributed by atoms with van der Waals surface area (Å²) in [5.74, 6) is 3.84. The summed E-state index contributed by atoms with van der Waals surface area (Å²) in [6.45, 7) is -0.401. The third-order valence-corrected chi connectivity index (χ3v) is 3.72. The quantitative estimate of drug-likeness (QED) is 0.631. The monoisotopic (exact) mass is 299 g/mol. The number of nitrogens with one attached hydrogen (secondary N) is 2. The average Bonchev–Trinajstić information content (AvgIpc) is 2.42. The Hall–Kier alpha value is -1.95. The van der Waals surface area contributed by atoms with Crippen LogP contribution in [0, 0.1) is 17.7 Å². The molecule has 0 atom stereocenters. The van der Waals surface area contributed by atoms with Crippen molar-refractivity contribution in [1.29, 1.82) is 0 Å². The predicted molar refractivity (Wildman–Crippen MR) is 71.6 cm³/mol. The molecular formula is C12H14FN3O3S. The second kappa shape index (κ2) is 7.00.